The first kappa shape index (κ1) is 17.6. The SMILES string of the molecule is O=C(CN1CCN(C(=O)c2ccc(Cl)cc2[N+](=O)[O-])CC1)NC1CC1. The molecule has 1 saturated carbocycles. The van der Waals surface area contributed by atoms with Gasteiger partial charge in [0.25, 0.3) is 11.6 Å². The van der Waals surface area contributed by atoms with Gasteiger partial charge in [-0.3, -0.25) is 24.6 Å². The van der Waals surface area contributed by atoms with Gasteiger partial charge in [0.1, 0.15) is 5.56 Å². The average molecular weight is 367 g/mol. The zero-order valence-electron chi connectivity index (χ0n) is 13.6. The number of hydrogen-bond acceptors (Lipinski definition) is 5. The Bertz CT molecular complexity index is 699. The van der Waals surface area contributed by atoms with Gasteiger partial charge in [0.15, 0.2) is 0 Å². The van der Waals surface area contributed by atoms with Gasteiger partial charge in [-0.15, -0.1) is 0 Å². The largest absolute Gasteiger partial charge is 0.352 e. The molecule has 1 saturated heterocycles. The number of carbonyl (C=O) groups excluding carboxylic acids is 2. The van der Waals surface area contributed by atoms with Crippen LogP contribution in [0.25, 0.3) is 0 Å². The van der Waals surface area contributed by atoms with E-state index in [1.165, 1.54) is 18.2 Å². The summed E-state index contributed by atoms with van der Waals surface area (Å²) in [6.45, 7) is 2.29. The minimum atomic E-state index is -0.600. The lowest BCUT2D eigenvalue weighted by Gasteiger charge is -2.34. The number of nitro groups is 1. The van der Waals surface area contributed by atoms with Gasteiger partial charge in [0, 0.05) is 43.3 Å². The fraction of sp³-hybridized carbons (Fsp3) is 0.500. The van der Waals surface area contributed by atoms with Crippen LogP contribution >= 0.6 is 11.6 Å². The minimum Gasteiger partial charge on any atom is -0.352 e. The number of nitrogens with one attached hydrogen (secondary N) is 1. The van der Waals surface area contributed by atoms with Crippen molar-refractivity contribution in [3.05, 3.63) is 38.9 Å². The number of amides is 2. The highest BCUT2D eigenvalue weighted by atomic mass is 35.5. The highest BCUT2D eigenvalue weighted by Gasteiger charge is 2.29. The summed E-state index contributed by atoms with van der Waals surface area (Å²) in [4.78, 5) is 38.5. The molecule has 134 valence electrons. The molecule has 1 N–H and O–H groups in total. The topological polar surface area (TPSA) is 95.8 Å². The normalized spacial score (nSPS) is 18.0. The van der Waals surface area contributed by atoms with E-state index in [0.717, 1.165) is 12.8 Å². The molecule has 1 aliphatic heterocycles. The molecule has 0 unspecified atom stereocenters. The Kier molecular flexibility index (Phi) is 5.19. The van der Waals surface area contributed by atoms with Gasteiger partial charge in [0.2, 0.25) is 5.91 Å². The summed E-state index contributed by atoms with van der Waals surface area (Å²) in [5, 5.41) is 14.3. The van der Waals surface area contributed by atoms with Crippen LogP contribution in [0.5, 0.6) is 0 Å². The van der Waals surface area contributed by atoms with Crippen molar-refractivity contribution < 1.29 is 14.5 Å². The number of halogens is 1. The van der Waals surface area contributed by atoms with Gasteiger partial charge >= 0.3 is 0 Å². The molecule has 1 aliphatic carbocycles. The quantitative estimate of drug-likeness (QED) is 0.625. The Morgan fingerprint density at radius 2 is 1.92 bits per heavy atom. The summed E-state index contributed by atoms with van der Waals surface area (Å²) in [5.74, 6) is -0.374. The molecule has 0 spiro atoms. The Labute approximate surface area is 149 Å². The molecule has 1 aromatic rings. The third-order valence-electron chi connectivity index (χ3n) is 4.36. The first-order valence-electron chi connectivity index (χ1n) is 8.19. The third-order valence-corrected chi connectivity index (χ3v) is 4.59. The summed E-state index contributed by atoms with van der Waals surface area (Å²) in [5.41, 5.74) is -0.252. The lowest BCUT2D eigenvalue weighted by molar-refractivity contribution is -0.385. The summed E-state index contributed by atoms with van der Waals surface area (Å²) in [6.07, 6.45) is 2.10. The molecule has 3 rings (SSSR count). The second-order valence-corrected chi connectivity index (χ2v) is 6.77. The molecule has 2 fully saturated rings. The number of carbonyl (C=O) groups is 2. The molecular formula is C16H19ClN4O4. The number of piperazine rings is 1. The molecule has 0 aromatic heterocycles. The predicted octanol–water partition coefficient (Wildman–Crippen LogP) is 1.28. The summed E-state index contributed by atoms with van der Waals surface area (Å²) in [6, 6.07) is 4.38. The zero-order chi connectivity index (χ0) is 18.0. The van der Waals surface area contributed by atoms with Crippen molar-refractivity contribution in [2.75, 3.05) is 32.7 Å². The number of hydrogen-bond donors (Lipinski definition) is 1. The molecule has 1 heterocycles. The highest BCUT2D eigenvalue weighted by Crippen LogP contribution is 2.25. The maximum atomic E-state index is 12.6. The van der Waals surface area contributed by atoms with Crippen LogP contribution in [0.1, 0.15) is 23.2 Å². The van der Waals surface area contributed by atoms with E-state index in [1.54, 1.807) is 4.90 Å². The zero-order valence-corrected chi connectivity index (χ0v) is 14.4. The van der Waals surface area contributed by atoms with Crippen molar-refractivity contribution in [1.82, 2.24) is 15.1 Å². The number of benzene rings is 1. The molecule has 0 bridgehead atoms. The van der Waals surface area contributed by atoms with Crippen LogP contribution in [0, 0.1) is 10.1 Å². The second kappa shape index (κ2) is 7.37. The lowest BCUT2D eigenvalue weighted by atomic mass is 10.1. The van der Waals surface area contributed by atoms with Crippen molar-refractivity contribution in [1.29, 1.82) is 0 Å². The Hall–Kier alpha value is -2.19. The Balaban J connectivity index is 1.58. The van der Waals surface area contributed by atoms with Crippen LogP contribution in [0.15, 0.2) is 18.2 Å². The maximum absolute atomic E-state index is 12.6. The van der Waals surface area contributed by atoms with Crippen molar-refractivity contribution in [2.24, 2.45) is 0 Å². The van der Waals surface area contributed by atoms with Crippen LogP contribution in [-0.4, -0.2) is 65.3 Å². The van der Waals surface area contributed by atoms with E-state index in [-0.39, 0.29) is 28.1 Å². The number of rotatable bonds is 5. The Morgan fingerprint density at radius 1 is 1.24 bits per heavy atom. The van der Waals surface area contributed by atoms with Gasteiger partial charge in [-0.25, -0.2) is 0 Å². The van der Waals surface area contributed by atoms with Gasteiger partial charge in [-0.2, -0.15) is 0 Å². The van der Waals surface area contributed by atoms with E-state index < -0.39 is 4.92 Å². The summed E-state index contributed by atoms with van der Waals surface area (Å²) in [7, 11) is 0. The first-order chi connectivity index (χ1) is 11.9. The highest BCUT2D eigenvalue weighted by molar-refractivity contribution is 6.31. The molecule has 0 radical (unpaired) electrons. The second-order valence-electron chi connectivity index (χ2n) is 6.33. The van der Waals surface area contributed by atoms with Crippen LogP contribution in [0.4, 0.5) is 5.69 Å². The molecule has 1 aromatic carbocycles. The predicted molar refractivity (Wildman–Crippen MR) is 91.6 cm³/mol. The molecule has 2 aliphatic rings. The molecular weight excluding hydrogens is 348 g/mol. The molecule has 9 heteroatoms. The molecule has 25 heavy (non-hydrogen) atoms. The van der Waals surface area contributed by atoms with Crippen LogP contribution in [0.2, 0.25) is 5.02 Å². The average Bonchev–Trinajstić information content (AvgIpc) is 3.38. The maximum Gasteiger partial charge on any atom is 0.283 e. The van der Waals surface area contributed by atoms with Crippen molar-refractivity contribution >= 4 is 29.1 Å². The smallest absolute Gasteiger partial charge is 0.283 e. The van der Waals surface area contributed by atoms with Crippen molar-refractivity contribution in [3.8, 4) is 0 Å². The molecule has 8 nitrogen and oxygen atoms in total. The summed E-state index contributed by atoms with van der Waals surface area (Å²) < 4.78 is 0. The lowest BCUT2D eigenvalue weighted by Crippen LogP contribution is -2.51. The monoisotopic (exact) mass is 366 g/mol. The molecule has 2 amide bonds. The van der Waals surface area contributed by atoms with E-state index in [2.05, 4.69) is 5.32 Å². The van der Waals surface area contributed by atoms with E-state index in [0.29, 0.717) is 38.8 Å². The van der Waals surface area contributed by atoms with E-state index in [4.69, 9.17) is 11.6 Å². The summed E-state index contributed by atoms with van der Waals surface area (Å²) >= 11 is 5.79. The van der Waals surface area contributed by atoms with Gasteiger partial charge < -0.3 is 10.2 Å². The van der Waals surface area contributed by atoms with Crippen LogP contribution < -0.4 is 5.32 Å². The Morgan fingerprint density at radius 3 is 2.52 bits per heavy atom. The van der Waals surface area contributed by atoms with Gasteiger partial charge in [0.05, 0.1) is 11.5 Å². The number of nitrogens with zero attached hydrogens (tertiary/aromatic N) is 3. The van der Waals surface area contributed by atoms with Crippen molar-refractivity contribution in [2.45, 2.75) is 18.9 Å². The van der Waals surface area contributed by atoms with E-state index in [1.807, 2.05) is 4.90 Å². The van der Waals surface area contributed by atoms with E-state index >= 15 is 0 Å². The first-order valence-corrected chi connectivity index (χ1v) is 8.57. The minimum absolute atomic E-state index is 0.00983. The number of nitro benzene ring substituents is 1. The fourth-order valence-corrected chi connectivity index (χ4v) is 2.99. The third kappa shape index (κ3) is 4.46. The van der Waals surface area contributed by atoms with Crippen molar-refractivity contribution in [3.63, 3.8) is 0 Å². The fourth-order valence-electron chi connectivity index (χ4n) is 2.82. The van der Waals surface area contributed by atoms with Crippen LogP contribution in [-0.2, 0) is 4.79 Å². The van der Waals surface area contributed by atoms with Crippen LogP contribution in [0.3, 0.4) is 0 Å². The van der Waals surface area contributed by atoms with Gasteiger partial charge in [-0.05, 0) is 25.0 Å². The van der Waals surface area contributed by atoms with E-state index in [9.17, 15) is 19.7 Å². The standard InChI is InChI=1S/C16H19ClN4O4/c17-11-1-4-13(14(9-11)21(24)25)16(23)20-7-5-19(6-8-20)10-15(22)18-12-2-3-12/h1,4,9,12H,2-3,5-8,10H2,(H,18,22). The van der Waals surface area contributed by atoms with Gasteiger partial charge in [-0.1, -0.05) is 11.6 Å². The molecule has 0 atom stereocenters.